The second kappa shape index (κ2) is 11.8. The summed E-state index contributed by atoms with van der Waals surface area (Å²) in [5.41, 5.74) is 0. The zero-order chi connectivity index (χ0) is 12.9. The number of ether oxygens (including phenoxy) is 2. The highest BCUT2D eigenvalue weighted by molar-refractivity contribution is 5.75. The van der Waals surface area contributed by atoms with Crippen LogP contribution in [0.3, 0.4) is 0 Å². The molecule has 0 spiro atoms. The molecule has 0 rings (SSSR count). The van der Waals surface area contributed by atoms with Crippen LogP contribution in [0.2, 0.25) is 0 Å². The number of hydrogen-bond donors (Lipinski definition) is 2. The fraction of sp³-hybridized carbons (Fsp3) is 0.917. The summed E-state index contributed by atoms with van der Waals surface area (Å²) >= 11 is 0. The summed E-state index contributed by atoms with van der Waals surface area (Å²) in [6, 6.07) is 0. The van der Waals surface area contributed by atoms with Gasteiger partial charge in [-0.15, -0.1) is 0 Å². The predicted octanol–water partition coefficient (Wildman–Crippen LogP) is 0.544. The summed E-state index contributed by atoms with van der Waals surface area (Å²) in [6.07, 6.45) is 1.60. The van der Waals surface area contributed by atoms with Crippen molar-refractivity contribution in [1.82, 2.24) is 10.6 Å². The first-order chi connectivity index (χ1) is 8.16. The minimum absolute atomic E-state index is 0.0471. The Balaban J connectivity index is 3.16. The average molecular weight is 246 g/mol. The minimum atomic E-state index is 0.0471. The van der Waals surface area contributed by atoms with E-state index < -0.39 is 0 Å². The van der Waals surface area contributed by atoms with Gasteiger partial charge in [0.2, 0.25) is 5.91 Å². The summed E-state index contributed by atoms with van der Waals surface area (Å²) in [5, 5.41) is 5.86. The third kappa shape index (κ3) is 13.3. The monoisotopic (exact) mass is 246 g/mol. The molecule has 5 heteroatoms. The molecular formula is C12H26N2O3. The molecule has 0 radical (unpaired) electrons. The topological polar surface area (TPSA) is 59.6 Å². The smallest absolute Gasteiger partial charge is 0.222 e. The van der Waals surface area contributed by atoms with E-state index in [0.29, 0.717) is 26.2 Å². The van der Waals surface area contributed by atoms with Crippen LogP contribution >= 0.6 is 0 Å². The van der Waals surface area contributed by atoms with Crippen molar-refractivity contribution in [1.29, 1.82) is 0 Å². The highest BCUT2D eigenvalue weighted by Gasteiger charge is 2.00. The van der Waals surface area contributed by atoms with Gasteiger partial charge < -0.3 is 20.1 Å². The Morgan fingerprint density at radius 2 is 1.94 bits per heavy atom. The molecule has 0 heterocycles. The molecule has 0 fully saturated rings. The van der Waals surface area contributed by atoms with Crippen LogP contribution in [0.1, 0.15) is 26.7 Å². The summed E-state index contributed by atoms with van der Waals surface area (Å²) in [4.78, 5) is 11.3. The van der Waals surface area contributed by atoms with E-state index in [1.54, 1.807) is 0 Å². The Bertz CT molecular complexity index is 187. The van der Waals surface area contributed by atoms with Crippen molar-refractivity contribution >= 4 is 5.91 Å². The van der Waals surface area contributed by atoms with E-state index in [9.17, 15) is 4.79 Å². The molecule has 17 heavy (non-hydrogen) atoms. The van der Waals surface area contributed by atoms with E-state index in [1.165, 1.54) is 0 Å². The molecule has 0 aromatic carbocycles. The van der Waals surface area contributed by atoms with Crippen molar-refractivity contribution in [3.63, 3.8) is 0 Å². The quantitative estimate of drug-likeness (QED) is 0.523. The Morgan fingerprint density at radius 3 is 2.59 bits per heavy atom. The molecular weight excluding hydrogens is 220 g/mol. The summed E-state index contributed by atoms with van der Waals surface area (Å²) in [7, 11) is 1.90. The van der Waals surface area contributed by atoms with E-state index in [4.69, 9.17) is 9.47 Å². The van der Waals surface area contributed by atoms with E-state index >= 15 is 0 Å². The minimum Gasteiger partial charge on any atom is -0.379 e. The molecule has 0 aliphatic carbocycles. The highest BCUT2D eigenvalue weighted by atomic mass is 16.5. The maximum Gasteiger partial charge on any atom is 0.222 e. The molecule has 0 aliphatic heterocycles. The summed E-state index contributed by atoms with van der Waals surface area (Å²) in [5.74, 6) is 0.0471. The SMILES string of the molecule is CNCCCNC(=O)CCOCCOC(C)C. The zero-order valence-electron chi connectivity index (χ0n) is 11.3. The predicted molar refractivity (Wildman–Crippen MR) is 68.1 cm³/mol. The zero-order valence-corrected chi connectivity index (χ0v) is 11.3. The van der Waals surface area contributed by atoms with E-state index in [-0.39, 0.29) is 12.0 Å². The average Bonchev–Trinajstić information content (AvgIpc) is 2.29. The van der Waals surface area contributed by atoms with Crippen LogP contribution in [0.5, 0.6) is 0 Å². The summed E-state index contributed by atoms with van der Waals surface area (Å²) in [6.45, 7) is 7.20. The Hall–Kier alpha value is -0.650. The third-order valence-corrected chi connectivity index (χ3v) is 2.08. The second-order valence-electron chi connectivity index (χ2n) is 4.09. The molecule has 0 aliphatic rings. The standard InChI is InChI=1S/C12H26N2O3/c1-11(2)17-10-9-16-8-5-12(15)14-7-4-6-13-3/h11,13H,4-10H2,1-3H3,(H,14,15). The third-order valence-electron chi connectivity index (χ3n) is 2.08. The molecule has 0 aromatic rings. The molecule has 0 saturated heterocycles. The first kappa shape index (κ1) is 16.4. The second-order valence-corrected chi connectivity index (χ2v) is 4.09. The Kier molecular flexibility index (Phi) is 11.4. The molecule has 1 amide bonds. The van der Waals surface area contributed by atoms with Crippen molar-refractivity contribution < 1.29 is 14.3 Å². The lowest BCUT2D eigenvalue weighted by atomic mass is 10.4. The van der Waals surface area contributed by atoms with Crippen molar-refractivity contribution in [2.75, 3.05) is 40.0 Å². The van der Waals surface area contributed by atoms with Crippen molar-refractivity contribution in [2.24, 2.45) is 0 Å². The lowest BCUT2D eigenvalue weighted by molar-refractivity contribution is -0.122. The van der Waals surface area contributed by atoms with Crippen LogP contribution in [0.4, 0.5) is 0 Å². The molecule has 0 saturated carbocycles. The Morgan fingerprint density at radius 1 is 1.18 bits per heavy atom. The van der Waals surface area contributed by atoms with Crippen LogP contribution < -0.4 is 10.6 Å². The van der Waals surface area contributed by atoms with Crippen molar-refractivity contribution in [2.45, 2.75) is 32.8 Å². The van der Waals surface area contributed by atoms with Gasteiger partial charge >= 0.3 is 0 Å². The number of carbonyl (C=O) groups is 1. The van der Waals surface area contributed by atoms with Gasteiger partial charge in [0, 0.05) is 13.0 Å². The number of hydrogen-bond acceptors (Lipinski definition) is 4. The van der Waals surface area contributed by atoms with Crippen molar-refractivity contribution in [3.05, 3.63) is 0 Å². The number of amides is 1. The van der Waals surface area contributed by atoms with Gasteiger partial charge in [-0.05, 0) is 33.9 Å². The maximum atomic E-state index is 11.3. The van der Waals surface area contributed by atoms with Gasteiger partial charge in [-0.1, -0.05) is 0 Å². The number of nitrogens with one attached hydrogen (secondary N) is 2. The van der Waals surface area contributed by atoms with Crippen LogP contribution in [0, 0.1) is 0 Å². The lowest BCUT2D eigenvalue weighted by Gasteiger charge is -2.08. The first-order valence-electron chi connectivity index (χ1n) is 6.27. The van der Waals surface area contributed by atoms with Crippen LogP contribution in [0.25, 0.3) is 0 Å². The van der Waals surface area contributed by atoms with Gasteiger partial charge in [-0.2, -0.15) is 0 Å². The van der Waals surface area contributed by atoms with Gasteiger partial charge in [-0.25, -0.2) is 0 Å². The molecule has 5 nitrogen and oxygen atoms in total. The summed E-state index contributed by atoms with van der Waals surface area (Å²) < 4.78 is 10.6. The van der Waals surface area contributed by atoms with Crippen LogP contribution in [-0.2, 0) is 14.3 Å². The van der Waals surface area contributed by atoms with Crippen LogP contribution in [0.15, 0.2) is 0 Å². The molecule has 102 valence electrons. The highest BCUT2D eigenvalue weighted by Crippen LogP contribution is 1.89. The van der Waals surface area contributed by atoms with E-state index in [1.807, 2.05) is 20.9 Å². The van der Waals surface area contributed by atoms with Gasteiger partial charge in [0.15, 0.2) is 0 Å². The molecule has 0 aromatic heterocycles. The maximum absolute atomic E-state index is 11.3. The number of rotatable bonds is 11. The van der Waals surface area contributed by atoms with E-state index in [0.717, 1.165) is 19.5 Å². The van der Waals surface area contributed by atoms with Crippen molar-refractivity contribution in [3.8, 4) is 0 Å². The van der Waals surface area contributed by atoms with E-state index in [2.05, 4.69) is 10.6 Å². The first-order valence-corrected chi connectivity index (χ1v) is 6.27. The fourth-order valence-corrected chi connectivity index (χ4v) is 1.19. The van der Waals surface area contributed by atoms with Gasteiger partial charge in [0.25, 0.3) is 0 Å². The van der Waals surface area contributed by atoms with Gasteiger partial charge in [-0.3, -0.25) is 4.79 Å². The molecule has 0 unspecified atom stereocenters. The fourth-order valence-electron chi connectivity index (χ4n) is 1.19. The molecule has 0 atom stereocenters. The molecule has 0 bridgehead atoms. The van der Waals surface area contributed by atoms with Gasteiger partial charge in [0.05, 0.1) is 25.9 Å². The van der Waals surface area contributed by atoms with Crippen LogP contribution in [-0.4, -0.2) is 52.0 Å². The Labute approximate surface area is 104 Å². The lowest BCUT2D eigenvalue weighted by Crippen LogP contribution is -2.27. The number of carbonyl (C=O) groups excluding carboxylic acids is 1. The van der Waals surface area contributed by atoms with Gasteiger partial charge in [0.1, 0.15) is 0 Å². The molecule has 2 N–H and O–H groups in total. The largest absolute Gasteiger partial charge is 0.379 e. The normalized spacial score (nSPS) is 10.8.